The third-order valence-corrected chi connectivity index (χ3v) is 6.69. The van der Waals surface area contributed by atoms with Crippen LogP contribution in [-0.2, 0) is 21.2 Å². The minimum atomic E-state index is -3.83. The number of nitrogens with one attached hydrogen (secondary N) is 1. The maximum absolute atomic E-state index is 13.0. The molecule has 8 nitrogen and oxygen atoms in total. The van der Waals surface area contributed by atoms with Gasteiger partial charge in [-0.2, -0.15) is 0 Å². The lowest BCUT2D eigenvalue weighted by Crippen LogP contribution is -2.42. The number of furan rings is 1. The number of carbonyl (C=O) groups is 1. The van der Waals surface area contributed by atoms with Crippen molar-refractivity contribution in [2.75, 3.05) is 20.3 Å². The molecule has 3 aromatic rings. The zero-order chi connectivity index (χ0) is 22.2. The molecule has 2 heterocycles. The van der Waals surface area contributed by atoms with Crippen molar-refractivity contribution in [3.63, 3.8) is 0 Å². The predicted molar refractivity (Wildman–Crippen MR) is 113 cm³/mol. The number of aryl methyl sites for hydroxylation is 1. The molecule has 0 saturated heterocycles. The highest BCUT2D eigenvalue weighted by molar-refractivity contribution is 7.89. The Kier molecular flexibility index (Phi) is 5.63. The summed E-state index contributed by atoms with van der Waals surface area (Å²) >= 11 is 0. The number of esters is 1. The van der Waals surface area contributed by atoms with Crippen molar-refractivity contribution in [1.82, 2.24) is 4.72 Å². The van der Waals surface area contributed by atoms with Crippen molar-refractivity contribution in [3.05, 3.63) is 53.3 Å². The van der Waals surface area contributed by atoms with Crippen LogP contribution in [0.4, 0.5) is 0 Å². The number of methoxy groups -OCH3 is 1. The fourth-order valence-corrected chi connectivity index (χ4v) is 4.87. The zero-order valence-electron chi connectivity index (χ0n) is 17.4. The zero-order valence-corrected chi connectivity index (χ0v) is 18.2. The molecule has 164 valence electrons. The fourth-order valence-electron chi connectivity index (χ4n) is 3.62. The monoisotopic (exact) mass is 445 g/mol. The third kappa shape index (κ3) is 4.11. The second kappa shape index (κ2) is 8.24. The highest BCUT2D eigenvalue weighted by Crippen LogP contribution is 2.30. The Balaban J connectivity index is 1.58. The van der Waals surface area contributed by atoms with E-state index in [2.05, 4.69) is 4.72 Å². The maximum atomic E-state index is 13.0. The first kappa shape index (κ1) is 21.2. The summed E-state index contributed by atoms with van der Waals surface area (Å²) in [4.78, 5) is 12.1. The van der Waals surface area contributed by atoms with E-state index < -0.39 is 22.0 Å². The molecule has 2 aromatic carbocycles. The molecule has 1 unspecified atom stereocenters. The van der Waals surface area contributed by atoms with Gasteiger partial charge in [0.1, 0.15) is 23.7 Å². The summed E-state index contributed by atoms with van der Waals surface area (Å²) in [5.41, 5.74) is 1.83. The van der Waals surface area contributed by atoms with Gasteiger partial charge in [0.05, 0.1) is 24.7 Å². The first-order chi connectivity index (χ1) is 14.8. The number of sulfonamides is 1. The van der Waals surface area contributed by atoms with Crippen LogP contribution in [0.25, 0.3) is 11.0 Å². The van der Waals surface area contributed by atoms with E-state index >= 15 is 0 Å². The molecule has 1 aliphatic heterocycles. The van der Waals surface area contributed by atoms with Gasteiger partial charge in [0, 0.05) is 10.9 Å². The Morgan fingerprint density at radius 1 is 1.23 bits per heavy atom. The molecule has 1 aromatic heterocycles. The lowest BCUT2D eigenvalue weighted by Gasteiger charge is -2.26. The van der Waals surface area contributed by atoms with Gasteiger partial charge in [-0.3, -0.25) is 0 Å². The smallest absolute Gasteiger partial charge is 0.374 e. The molecule has 9 heteroatoms. The van der Waals surface area contributed by atoms with E-state index in [1.54, 1.807) is 27.0 Å². The van der Waals surface area contributed by atoms with Crippen LogP contribution in [-0.4, -0.2) is 40.8 Å². The van der Waals surface area contributed by atoms with Gasteiger partial charge >= 0.3 is 5.97 Å². The summed E-state index contributed by atoms with van der Waals surface area (Å²) in [6.07, 6.45) is 0.478. The second-order valence-electron chi connectivity index (χ2n) is 7.24. The molecule has 1 atom stereocenters. The normalized spacial score (nSPS) is 15.9. The molecule has 4 rings (SSSR count). The lowest BCUT2D eigenvalue weighted by atomic mass is 10.0. The molecule has 0 spiro atoms. The van der Waals surface area contributed by atoms with Crippen LogP contribution < -0.4 is 14.2 Å². The molecule has 0 bridgehead atoms. The average Bonchev–Trinajstić information content (AvgIpc) is 3.09. The Hall–Kier alpha value is -3.04. The first-order valence-electron chi connectivity index (χ1n) is 9.84. The molecule has 0 saturated carbocycles. The van der Waals surface area contributed by atoms with Crippen LogP contribution in [0.5, 0.6) is 11.5 Å². The average molecular weight is 445 g/mol. The summed E-state index contributed by atoms with van der Waals surface area (Å²) in [6, 6.07) is 9.51. The van der Waals surface area contributed by atoms with Gasteiger partial charge in [0.25, 0.3) is 0 Å². The highest BCUT2D eigenvalue weighted by atomic mass is 32.2. The van der Waals surface area contributed by atoms with Crippen molar-refractivity contribution >= 4 is 27.0 Å². The molecule has 1 N–H and O–H groups in total. The number of carbonyl (C=O) groups excluding carboxylic acids is 1. The largest absolute Gasteiger partial charge is 0.497 e. The topological polar surface area (TPSA) is 104 Å². The van der Waals surface area contributed by atoms with Gasteiger partial charge in [-0.15, -0.1) is 0 Å². The van der Waals surface area contributed by atoms with Crippen molar-refractivity contribution in [2.24, 2.45) is 0 Å². The summed E-state index contributed by atoms with van der Waals surface area (Å²) in [6.45, 7) is 3.84. The van der Waals surface area contributed by atoms with Crippen LogP contribution >= 0.6 is 0 Å². The fraction of sp³-hybridized carbons (Fsp3) is 0.318. The number of ether oxygens (including phenoxy) is 3. The molecular formula is C22H23NO7S. The SMILES string of the molecule is CCOC(=O)c1oc2ccc(S(=O)(=O)NC3COc4ccc(OC)cc4C3)cc2c1C. The standard InChI is InChI=1S/C22H23NO7S/c1-4-28-22(24)21-13(2)18-11-17(6-8-20(18)30-21)31(25,26)23-15-9-14-10-16(27-3)5-7-19(14)29-12-15/h5-8,10-11,15,23H,4,9,12H2,1-3H3. The van der Waals surface area contributed by atoms with Gasteiger partial charge < -0.3 is 18.6 Å². The number of hydrogen-bond acceptors (Lipinski definition) is 7. The van der Waals surface area contributed by atoms with Crippen LogP contribution in [0.1, 0.15) is 28.6 Å². The van der Waals surface area contributed by atoms with Gasteiger partial charge in [0.2, 0.25) is 15.8 Å². The Morgan fingerprint density at radius 2 is 2.03 bits per heavy atom. The van der Waals surface area contributed by atoms with Gasteiger partial charge in [-0.25, -0.2) is 17.9 Å². The van der Waals surface area contributed by atoms with Crippen molar-refractivity contribution in [3.8, 4) is 11.5 Å². The van der Waals surface area contributed by atoms with Gasteiger partial charge in [-0.1, -0.05) is 0 Å². The molecule has 31 heavy (non-hydrogen) atoms. The van der Waals surface area contributed by atoms with Crippen LogP contribution in [0.15, 0.2) is 45.7 Å². The summed E-state index contributed by atoms with van der Waals surface area (Å²) in [5.74, 6) is 0.903. The molecule has 0 amide bonds. The van der Waals surface area contributed by atoms with E-state index in [-0.39, 0.29) is 23.9 Å². The maximum Gasteiger partial charge on any atom is 0.374 e. The number of fused-ring (bicyclic) bond motifs is 2. The summed E-state index contributed by atoms with van der Waals surface area (Å²) < 4.78 is 50.3. The molecular weight excluding hydrogens is 422 g/mol. The van der Waals surface area contributed by atoms with Crippen molar-refractivity contribution < 1.29 is 31.8 Å². The highest BCUT2D eigenvalue weighted by Gasteiger charge is 2.27. The van der Waals surface area contributed by atoms with E-state index in [1.165, 1.54) is 18.2 Å². The molecule has 0 aliphatic carbocycles. The Labute approximate surface area is 180 Å². The first-order valence-corrected chi connectivity index (χ1v) is 11.3. The van der Waals surface area contributed by atoms with E-state index in [4.69, 9.17) is 18.6 Å². The van der Waals surface area contributed by atoms with Crippen LogP contribution in [0, 0.1) is 6.92 Å². The number of rotatable bonds is 6. The minimum Gasteiger partial charge on any atom is -0.497 e. The van der Waals surface area contributed by atoms with Crippen LogP contribution in [0.3, 0.4) is 0 Å². The summed E-state index contributed by atoms with van der Waals surface area (Å²) in [7, 11) is -2.25. The van der Waals surface area contributed by atoms with E-state index in [0.717, 1.165) is 11.3 Å². The molecule has 1 aliphatic rings. The second-order valence-corrected chi connectivity index (χ2v) is 8.96. The van der Waals surface area contributed by atoms with Crippen LogP contribution in [0.2, 0.25) is 0 Å². The van der Waals surface area contributed by atoms with Crippen molar-refractivity contribution in [2.45, 2.75) is 31.2 Å². The van der Waals surface area contributed by atoms with Gasteiger partial charge in [0.15, 0.2) is 0 Å². The quantitative estimate of drug-likeness (QED) is 0.581. The third-order valence-electron chi connectivity index (χ3n) is 5.17. The van der Waals surface area contributed by atoms with E-state index in [0.29, 0.717) is 28.7 Å². The summed E-state index contributed by atoms with van der Waals surface area (Å²) in [5, 5.41) is 0.543. The van der Waals surface area contributed by atoms with E-state index in [9.17, 15) is 13.2 Å². The van der Waals surface area contributed by atoms with E-state index in [1.807, 2.05) is 12.1 Å². The molecule has 0 radical (unpaired) electrons. The Morgan fingerprint density at radius 3 is 2.77 bits per heavy atom. The lowest BCUT2D eigenvalue weighted by molar-refractivity contribution is 0.0491. The number of hydrogen-bond donors (Lipinski definition) is 1. The Bertz CT molecular complexity index is 1250. The van der Waals surface area contributed by atoms with Crippen molar-refractivity contribution in [1.29, 1.82) is 0 Å². The predicted octanol–water partition coefficient (Wildman–Crippen LogP) is 3.21. The minimum absolute atomic E-state index is 0.0746. The molecule has 0 fully saturated rings. The van der Waals surface area contributed by atoms with Gasteiger partial charge in [-0.05, 0) is 62.2 Å². The number of benzene rings is 2.